The first-order chi connectivity index (χ1) is 16.3. The molecule has 0 saturated heterocycles. The van der Waals surface area contributed by atoms with Gasteiger partial charge in [0, 0.05) is 36.3 Å². The van der Waals surface area contributed by atoms with E-state index in [4.69, 9.17) is 9.47 Å². The van der Waals surface area contributed by atoms with Crippen molar-refractivity contribution < 1.29 is 33.6 Å². The lowest BCUT2D eigenvalue weighted by atomic mass is 10.2. The second kappa shape index (κ2) is 13.3. The summed E-state index contributed by atoms with van der Waals surface area (Å²) in [6, 6.07) is 11.6. The Morgan fingerprint density at radius 2 is 1.62 bits per heavy atom. The van der Waals surface area contributed by atoms with Gasteiger partial charge in [0.05, 0.1) is 17.1 Å². The van der Waals surface area contributed by atoms with Crippen LogP contribution in [-0.2, 0) is 23.9 Å². The van der Waals surface area contributed by atoms with Crippen LogP contribution >= 0.6 is 0 Å². The number of anilines is 2. The Morgan fingerprint density at radius 3 is 2.29 bits per heavy atom. The molecule has 0 saturated carbocycles. The van der Waals surface area contributed by atoms with Gasteiger partial charge < -0.3 is 20.1 Å². The lowest BCUT2D eigenvalue weighted by Gasteiger charge is -2.08. The second-order valence-electron chi connectivity index (χ2n) is 7.13. The van der Waals surface area contributed by atoms with Gasteiger partial charge in [-0.2, -0.15) is 0 Å². The third-order valence-corrected chi connectivity index (χ3v) is 4.33. The first-order valence-electron chi connectivity index (χ1n) is 10.6. The van der Waals surface area contributed by atoms with Gasteiger partial charge in [-0.25, -0.2) is 4.79 Å². The molecule has 0 radical (unpaired) electrons. The predicted molar refractivity (Wildman–Crippen MR) is 122 cm³/mol. The Morgan fingerprint density at radius 1 is 0.912 bits per heavy atom. The molecule has 2 amide bonds. The first-order valence-corrected chi connectivity index (χ1v) is 10.6. The fourth-order valence-corrected chi connectivity index (χ4v) is 2.70. The summed E-state index contributed by atoms with van der Waals surface area (Å²) in [5.74, 6) is -2.06. The van der Waals surface area contributed by atoms with Crippen LogP contribution in [0.25, 0.3) is 0 Å². The number of non-ortho nitro benzene ring substituents is 1. The van der Waals surface area contributed by atoms with Gasteiger partial charge in [-0.15, -0.1) is 0 Å². The molecule has 0 aromatic heterocycles. The quantitative estimate of drug-likeness (QED) is 0.271. The van der Waals surface area contributed by atoms with Crippen molar-refractivity contribution in [3.8, 4) is 0 Å². The smallest absolute Gasteiger partial charge is 0.338 e. The Labute approximate surface area is 195 Å². The predicted octanol–water partition coefficient (Wildman–Crippen LogP) is 3.45. The number of hydrogen-bond acceptors (Lipinski definition) is 8. The Bertz CT molecular complexity index is 1040. The van der Waals surface area contributed by atoms with Crippen molar-refractivity contribution >= 4 is 40.8 Å². The van der Waals surface area contributed by atoms with E-state index >= 15 is 0 Å². The van der Waals surface area contributed by atoms with Crippen molar-refractivity contribution in [1.29, 1.82) is 0 Å². The lowest BCUT2D eigenvalue weighted by molar-refractivity contribution is -0.384. The first kappa shape index (κ1) is 26.0. The monoisotopic (exact) mass is 471 g/mol. The van der Waals surface area contributed by atoms with Gasteiger partial charge in [0.15, 0.2) is 6.61 Å². The number of nitrogens with one attached hydrogen (secondary N) is 2. The molecule has 2 aromatic carbocycles. The molecule has 34 heavy (non-hydrogen) atoms. The molecule has 0 atom stereocenters. The van der Waals surface area contributed by atoms with E-state index in [9.17, 15) is 29.3 Å². The maximum atomic E-state index is 12.0. The van der Waals surface area contributed by atoms with Gasteiger partial charge in [-0.1, -0.05) is 13.0 Å². The molecule has 2 aromatic rings. The summed E-state index contributed by atoms with van der Waals surface area (Å²) in [6.45, 7) is 1.68. The minimum atomic E-state index is -0.656. The summed E-state index contributed by atoms with van der Waals surface area (Å²) >= 11 is 0. The normalized spacial score (nSPS) is 10.1. The highest BCUT2D eigenvalue weighted by atomic mass is 16.6. The maximum Gasteiger partial charge on any atom is 0.338 e. The molecule has 11 nitrogen and oxygen atoms in total. The number of nitro groups is 1. The van der Waals surface area contributed by atoms with Crippen molar-refractivity contribution in [1.82, 2.24) is 0 Å². The highest BCUT2D eigenvalue weighted by molar-refractivity contribution is 5.94. The van der Waals surface area contributed by atoms with Crippen molar-refractivity contribution in [2.45, 2.75) is 32.6 Å². The van der Waals surface area contributed by atoms with Crippen molar-refractivity contribution in [3.63, 3.8) is 0 Å². The summed E-state index contributed by atoms with van der Waals surface area (Å²) in [7, 11) is 0. The number of carbonyl (C=O) groups is 4. The molecule has 11 heteroatoms. The standard InChI is InChI=1S/C23H25N3O8/c1-2-13-33-23(30)16-9-11-17(12-10-16)24-20(27)7-4-8-22(29)34-15-21(28)25-18-5-3-6-19(14-18)26(31)32/h3,5-6,9-12,14H,2,4,7-8,13,15H2,1H3,(H,24,27)(H,25,28). The van der Waals surface area contributed by atoms with Gasteiger partial charge in [-0.3, -0.25) is 24.5 Å². The number of esters is 2. The van der Waals surface area contributed by atoms with Crippen molar-refractivity contribution in [2.24, 2.45) is 0 Å². The maximum absolute atomic E-state index is 12.0. The van der Waals surface area contributed by atoms with Gasteiger partial charge >= 0.3 is 11.9 Å². The van der Waals surface area contributed by atoms with E-state index in [1.807, 2.05) is 6.92 Å². The number of amides is 2. The van der Waals surface area contributed by atoms with E-state index in [1.165, 1.54) is 24.3 Å². The Kier molecular flexibility index (Phi) is 10.2. The van der Waals surface area contributed by atoms with E-state index in [2.05, 4.69) is 10.6 Å². The Hall–Kier alpha value is -4.28. The molecule has 0 aliphatic rings. The fraction of sp³-hybridized carbons (Fsp3) is 0.304. The van der Waals surface area contributed by atoms with Crippen LogP contribution < -0.4 is 10.6 Å². The number of benzene rings is 2. The van der Waals surface area contributed by atoms with Crippen LogP contribution in [0.4, 0.5) is 17.1 Å². The van der Waals surface area contributed by atoms with E-state index in [1.54, 1.807) is 24.3 Å². The topological polar surface area (TPSA) is 154 Å². The SMILES string of the molecule is CCCOC(=O)c1ccc(NC(=O)CCCC(=O)OCC(=O)Nc2cccc([N+](=O)[O-])c2)cc1. The zero-order chi connectivity index (χ0) is 24.9. The van der Waals surface area contributed by atoms with Crippen LogP contribution in [-0.4, -0.2) is 41.9 Å². The summed E-state index contributed by atoms with van der Waals surface area (Å²) in [4.78, 5) is 57.6. The Balaban J connectivity index is 1.66. The largest absolute Gasteiger partial charge is 0.462 e. The third kappa shape index (κ3) is 9.07. The molecule has 0 aliphatic carbocycles. The molecule has 0 fully saturated rings. The second-order valence-corrected chi connectivity index (χ2v) is 7.13. The van der Waals surface area contributed by atoms with Crippen molar-refractivity contribution in [3.05, 3.63) is 64.2 Å². The van der Waals surface area contributed by atoms with Crippen LogP contribution in [0, 0.1) is 10.1 Å². The van der Waals surface area contributed by atoms with Gasteiger partial charge in [0.1, 0.15) is 0 Å². The molecule has 0 spiro atoms. The zero-order valence-electron chi connectivity index (χ0n) is 18.6. The number of nitrogens with zero attached hydrogens (tertiary/aromatic N) is 1. The summed E-state index contributed by atoms with van der Waals surface area (Å²) < 4.78 is 9.89. The number of rotatable bonds is 12. The summed E-state index contributed by atoms with van der Waals surface area (Å²) in [5.41, 5.74) is 0.900. The van der Waals surface area contributed by atoms with Gasteiger partial charge in [-0.05, 0) is 43.2 Å². The molecule has 0 unspecified atom stereocenters. The number of carbonyl (C=O) groups excluding carboxylic acids is 4. The lowest BCUT2D eigenvalue weighted by Crippen LogP contribution is -2.21. The zero-order valence-corrected chi connectivity index (χ0v) is 18.6. The fourth-order valence-electron chi connectivity index (χ4n) is 2.70. The molecular formula is C23H25N3O8. The number of ether oxygens (including phenoxy) is 2. The molecule has 0 heterocycles. The highest BCUT2D eigenvalue weighted by Gasteiger charge is 2.12. The number of hydrogen-bond donors (Lipinski definition) is 2. The van der Waals surface area contributed by atoms with E-state index in [0.29, 0.717) is 17.9 Å². The van der Waals surface area contributed by atoms with E-state index < -0.39 is 29.4 Å². The molecule has 0 aliphatic heterocycles. The molecular weight excluding hydrogens is 446 g/mol. The van der Waals surface area contributed by atoms with E-state index in [-0.39, 0.29) is 36.5 Å². The molecule has 180 valence electrons. The minimum absolute atomic E-state index is 0.0509. The van der Waals surface area contributed by atoms with Crippen LogP contribution in [0.15, 0.2) is 48.5 Å². The van der Waals surface area contributed by atoms with E-state index in [0.717, 1.165) is 6.42 Å². The van der Waals surface area contributed by atoms with Crippen LogP contribution in [0.1, 0.15) is 43.0 Å². The average Bonchev–Trinajstić information content (AvgIpc) is 2.81. The van der Waals surface area contributed by atoms with Crippen LogP contribution in [0.2, 0.25) is 0 Å². The van der Waals surface area contributed by atoms with Gasteiger partial charge in [0.2, 0.25) is 5.91 Å². The summed E-state index contributed by atoms with van der Waals surface area (Å²) in [6.07, 6.45) is 0.911. The average molecular weight is 471 g/mol. The molecule has 0 bridgehead atoms. The highest BCUT2D eigenvalue weighted by Crippen LogP contribution is 2.17. The van der Waals surface area contributed by atoms with Crippen LogP contribution in [0.3, 0.4) is 0 Å². The molecule has 2 N–H and O–H groups in total. The minimum Gasteiger partial charge on any atom is -0.462 e. The van der Waals surface area contributed by atoms with Crippen molar-refractivity contribution in [2.75, 3.05) is 23.8 Å². The summed E-state index contributed by atoms with van der Waals surface area (Å²) in [5, 5.41) is 15.8. The van der Waals surface area contributed by atoms with Gasteiger partial charge in [0.25, 0.3) is 11.6 Å². The number of nitro benzene ring substituents is 1. The molecule has 2 rings (SSSR count). The third-order valence-electron chi connectivity index (χ3n) is 4.33. The van der Waals surface area contributed by atoms with Crippen LogP contribution in [0.5, 0.6) is 0 Å².